The Morgan fingerprint density at radius 1 is 1.47 bits per heavy atom. The van der Waals surface area contributed by atoms with E-state index < -0.39 is 5.97 Å². The third kappa shape index (κ3) is 3.61. The molecule has 0 aliphatic carbocycles. The number of nitrogens with zero attached hydrogens (tertiary/aromatic N) is 1. The molecule has 1 aromatic rings. The molecule has 0 unspecified atom stereocenters. The molecule has 0 saturated heterocycles. The van der Waals surface area contributed by atoms with Crippen molar-refractivity contribution in [3.05, 3.63) is 15.3 Å². The SMILES string of the molecule is COC(=O)c1sc(Cl)cc1OCC(=O)N(C)C. The van der Waals surface area contributed by atoms with Crippen LogP contribution in [0.1, 0.15) is 9.67 Å². The summed E-state index contributed by atoms with van der Waals surface area (Å²) < 4.78 is 10.2. The lowest BCUT2D eigenvalue weighted by atomic mass is 10.4. The van der Waals surface area contributed by atoms with Crippen molar-refractivity contribution in [3.63, 3.8) is 0 Å². The highest BCUT2D eigenvalue weighted by Crippen LogP contribution is 2.33. The molecule has 0 spiro atoms. The van der Waals surface area contributed by atoms with Crippen molar-refractivity contribution in [1.29, 1.82) is 0 Å². The first-order valence-electron chi connectivity index (χ1n) is 4.66. The van der Waals surface area contributed by atoms with E-state index in [9.17, 15) is 9.59 Å². The van der Waals surface area contributed by atoms with Gasteiger partial charge >= 0.3 is 5.97 Å². The van der Waals surface area contributed by atoms with Gasteiger partial charge in [0, 0.05) is 20.2 Å². The Kier molecular flexibility index (Phi) is 4.77. The number of halogens is 1. The molecule has 1 aromatic heterocycles. The maximum absolute atomic E-state index is 11.4. The first-order valence-corrected chi connectivity index (χ1v) is 5.85. The fourth-order valence-corrected chi connectivity index (χ4v) is 2.03. The van der Waals surface area contributed by atoms with Crippen LogP contribution in [-0.2, 0) is 9.53 Å². The maximum atomic E-state index is 11.4. The summed E-state index contributed by atoms with van der Waals surface area (Å²) in [6.07, 6.45) is 0. The van der Waals surface area contributed by atoms with Gasteiger partial charge in [-0.2, -0.15) is 0 Å². The number of hydrogen-bond donors (Lipinski definition) is 0. The molecule has 1 rings (SSSR count). The molecule has 0 atom stereocenters. The molecular weight excluding hydrogens is 266 g/mol. The molecule has 0 bridgehead atoms. The highest BCUT2D eigenvalue weighted by atomic mass is 35.5. The summed E-state index contributed by atoms with van der Waals surface area (Å²) in [5.41, 5.74) is 0. The Bertz CT molecular complexity index is 430. The van der Waals surface area contributed by atoms with Crippen LogP contribution < -0.4 is 4.74 Å². The Balaban J connectivity index is 2.77. The van der Waals surface area contributed by atoms with Crippen LogP contribution in [0.25, 0.3) is 0 Å². The van der Waals surface area contributed by atoms with Crippen LogP contribution in [0.5, 0.6) is 5.75 Å². The number of carbonyl (C=O) groups is 2. The molecule has 17 heavy (non-hydrogen) atoms. The lowest BCUT2D eigenvalue weighted by Gasteiger charge is -2.11. The van der Waals surface area contributed by atoms with Crippen molar-refractivity contribution >= 4 is 34.8 Å². The zero-order valence-electron chi connectivity index (χ0n) is 9.65. The minimum Gasteiger partial charge on any atom is -0.482 e. The number of hydrogen-bond acceptors (Lipinski definition) is 5. The fraction of sp³-hybridized carbons (Fsp3) is 0.400. The molecule has 5 nitrogen and oxygen atoms in total. The van der Waals surface area contributed by atoms with Crippen molar-refractivity contribution in [2.45, 2.75) is 0 Å². The summed E-state index contributed by atoms with van der Waals surface area (Å²) in [5.74, 6) is -0.473. The molecule has 94 valence electrons. The van der Waals surface area contributed by atoms with Crippen LogP contribution in [0.2, 0.25) is 4.34 Å². The lowest BCUT2D eigenvalue weighted by molar-refractivity contribution is -0.130. The first-order chi connectivity index (χ1) is 7.95. The smallest absolute Gasteiger partial charge is 0.351 e. The molecule has 0 saturated carbocycles. The molecule has 0 radical (unpaired) electrons. The second-order valence-electron chi connectivity index (χ2n) is 3.31. The van der Waals surface area contributed by atoms with Gasteiger partial charge in [-0.05, 0) is 0 Å². The monoisotopic (exact) mass is 277 g/mol. The Hall–Kier alpha value is -1.27. The van der Waals surface area contributed by atoms with E-state index in [4.69, 9.17) is 16.3 Å². The second-order valence-corrected chi connectivity index (χ2v) is 5.00. The topological polar surface area (TPSA) is 55.8 Å². The average molecular weight is 278 g/mol. The standard InChI is InChI=1S/C10H12ClNO4S/c1-12(2)8(13)5-16-6-4-7(11)17-9(6)10(14)15-3/h4H,5H2,1-3H3. The molecule has 0 aromatic carbocycles. The number of esters is 1. The Labute approximate surface area is 108 Å². The average Bonchev–Trinajstić information content (AvgIpc) is 2.66. The van der Waals surface area contributed by atoms with Crippen LogP contribution in [-0.4, -0.2) is 44.6 Å². The summed E-state index contributed by atoms with van der Waals surface area (Å²) in [7, 11) is 4.51. The zero-order valence-corrected chi connectivity index (χ0v) is 11.2. The molecule has 7 heteroatoms. The minimum absolute atomic E-state index is 0.149. The zero-order chi connectivity index (χ0) is 13.0. The van der Waals surface area contributed by atoms with Crippen LogP contribution in [0, 0.1) is 0 Å². The summed E-state index contributed by atoms with van der Waals surface area (Å²) in [6.45, 7) is -0.149. The minimum atomic E-state index is -0.533. The normalized spacial score (nSPS) is 9.88. The van der Waals surface area contributed by atoms with Gasteiger partial charge in [-0.1, -0.05) is 11.6 Å². The van der Waals surface area contributed by atoms with Gasteiger partial charge < -0.3 is 14.4 Å². The van der Waals surface area contributed by atoms with Gasteiger partial charge in [0.15, 0.2) is 11.5 Å². The molecule has 0 fully saturated rings. The number of thiophene rings is 1. The second kappa shape index (κ2) is 5.88. The predicted octanol–water partition coefficient (Wildman–Crippen LogP) is 1.66. The van der Waals surface area contributed by atoms with E-state index in [0.717, 1.165) is 11.3 Å². The van der Waals surface area contributed by atoms with E-state index in [1.54, 1.807) is 14.1 Å². The van der Waals surface area contributed by atoms with Crippen molar-refractivity contribution in [3.8, 4) is 5.75 Å². The van der Waals surface area contributed by atoms with Gasteiger partial charge in [0.1, 0.15) is 5.75 Å². The summed E-state index contributed by atoms with van der Waals surface area (Å²) >= 11 is 6.83. The molecule has 0 aliphatic rings. The predicted molar refractivity (Wildman–Crippen MR) is 64.9 cm³/mol. The lowest BCUT2D eigenvalue weighted by Crippen LogP contribution is -2.27. The number of ether oxygens (including phenoxy) is 2. The van der Waals surface area contributed by atoms with Gasteiger partial charge in [0.05, 0.1) is 11.4 Å². The molecule has 0 aliphatic heterocycles. The van der Waals surface area contributed by atoms with Crippen LogP contribution >= 0.6 is 22.9 Å². The third-order valence-electron chi connectivity index (χ3n) is 1.89. The number of carbonyl (C=O) groups excluding carboxylic acids is 2. The Morgan fingerprint density at radius 3 is 2.65 bits per heavy atom. The number of methoxy groups -OCH3 is 1. The van der Waals surface area contributed by atoms with Gasteiger partial charge in [-0.25, -0.2) is 4.79 Å². The van der Waals surface area contributed by atoms with Gasteiger partial charge in [-0.3, -0.25) is 4.79 Å². The molecule has 1 amide bonds. The van der Waals surface area contributed by atoms with Gasteiger partial charge in [0.25, 0.3) is 5.91 Å². The first kappa shape index (κ1) is 13.8. The summed E-state index contributed by atoms with van der Waals surface area (Å²) in [5, 5.41) is 0. The number of rotatable bonds is 4. The number of amides is 1. The Morgan fingerprint density at radius 2 is 2.12 bits per heavy atom. The molecule has 1 heterocycles. The van der Waals surface area contributed by atoms with Crippen molar-refractivity contribution in [1.82, 2.24) is 4.90 Å². The highest BCUT2D eigenvalue weighted by molar-refractivity contribution is 7.18. The van der Waals surface area contributed by atoms with E-state index in [2.05, 4.69) is 4.74 Å². The van der Waals surface area contributed by atoms with Crippen LogP contribution in [0.15, 0.2) is 6.07 Å². The van der Waals surface area contributed by atoms with Crippen molar-refractivity contribution in [2.75, 3.05) is 27.8 Å². The van der Waals surface area contributed by atoms with Crippen LogP contribution in [0.3, 0.4) is 0 Å². The molecule has 0 N–H and O–H groups in total. The summed E-state index contributed by atoms with van der Waals surface area (Å²) in [6, 6.07) is 1.49. The van der Waals surface area contributed by atoms with Crippen LogP contribution in [0.4, 0.5) is 0 Å². The van der Waals surface area contributed by atoms with E-state index in [1.807, 2.05) is 0 Å². The third-order valence-corrected chi connectivity index (χ3v) is 3.11. The number of likely N-dealkylation sites (N-methyl/N-ethyl adjacent to an activating group) is 1. The molecular formula is C10H12ClNO4S. The fourth-order valence-electron chi connectivity index (χ4n) is 0.957. The van der Waals surface area contributed by atoms with Crippen molar-refractivity contribution < 1.29 is 19.1 Å². The largest absolute Gasteiger partial charge is 0.482 e. The van der Waals surface area contributed by atoms with Crippen molar-refractivity contribution in [2.24, 2.45) is 0 Å². The van der Waals surface area contributed by atoms with E-state index in [0.29, 0.717) is 4.34 Å². The maximum Gasteiger partial charge on any atom is 0.351 e. The quantitative estimate of drug-likeness (QED) is 0.786. The summed E-state index contributed by atoms with van der Waals surface area (Å²) in [4.78, 5) is 24.4. The van der Waals surface area contributed by atoms with E-state index >= 15 is 0 Å². The highest BCUT2D eigenvalue weighted by Gasteiger charge is 2.18. The van der Waals surface area contributed by atoms with E-state index in [-0.39, 0.29) is 23.1 Å². The van der Waals surface area contributed by atoms with E-state index in [1.165, 1.54) is 18.1 Å². The van der Waals surface area contributed by atoms with Gasteiger partial charge in [0.2, 0.25) is 0 Å². The van der Waals surface area contributed by atoms with Gasteiger partial charge in [-0.15, -0.1) is 11.3 Å².